The summed E-state index contributed by atoms with van der Waals surface area (Å²) in [6, 6.07) is 2.13. The van der Waals surface area contributed by atoms with Crippen molar-refractivity contribution in [3.63, 3.8) is 0 Å². The molecule has 2 N–H and O–H groups in total. The fourth-order valence-electron chi connectivity index (χ4n) is 2.52. The van der Waals surface area contributed by atoms with Gasteiger partial charge in [0.15, 0.2) is 0 Å². The summed E-state index contributed by atoms with van der Waals surface area (Å²) in [6.07, 6.45) is 4.23. The van der Waals surface area contributed by atoms with Crippen LogP contribution < -0.4 is 10.6 Å². The third-order valence-electron chi connectivity index (χ3n) is 3.84. The maximum absolute atomic E-state index is 11.9. The molecule has 0 aromatic carbocycles. The Morgan fingerprint density at radius 3 is 2.94 bits per heavy atom. The maximum Gasteiger partial charge on any atom is 0.220 e. The second-order valence-electron chi connectivity index (χ2n) is 5.32. The van der Waals surface area contributed by atoms with Crippen LogP contribution in [0.3, 0.4) is 0 Å². The monoisotopic (exact) mass is 251 g/mol. The summed E-state index contributed by atoms with van der Waals surface area (Å²) in [4.78, 5) is 11.9. The van der Waals surface area contributed by atoms with Gasteiger partial charge in [0.05, 0.1) is 12.5 Å². The van der Waals surface area contributed by atoms with E-state index < -0.39 is 0 Å². The topological polar surface area (TPSA) is 64.9 Å². The number of hydrogen-bond acceptors (Lipinski definition) is 3. The number of amides is 1. The summed E-state index contributed by atoms with van der Waals surface area (Å²) in [5, 5.41) is 15.0. The van der Waals surface area contributed by atoms with Crippen LogP contribution in [0.5, 0.6) is 0 Å². The smallest absolute Gasteiger partial charge is 0.220 e. The minimum Gasteiger partial charge on any atom is -0.352 e. The molecule has 3 atom stereocenters. The van der Waals surface area contributed by atoms with Gasteiger partial charge < -0.3 is 10.6 Å². The second kappa shape index (κ2) is 8.10. The highest BCUT2D eigenvalue weighted by molar-refractivity contribution is 5.76. The molecule has 3 unspecified atom stereocenters. The summed E-state index contributed by atoms with van der Waals surface area (Å²) in [5.41, 5.74) is 0. The molecule has 4 nitrogen and oxygen atoms in total. The maximum atomic E-state index is 11.9. The Hall–Kier alpha value is -1.08. The molecule has 0 bridgehead atoms. The van der Waals surface area contributed by atoms with E-state index >= 15 is 0 Å². The Morgan fingerprint density at radius 1 is 1.61 bits per heavy atom. The van der Waals surface area contributed by atoms with Gasteiger partial charge in [-0.15, -0.1) is 0 Å². The summed E-state index contributed by atoms with van der Waals surface area (Å²) in [5.74, 6) is 1.12. The number of hydrogen-bond donors (Lipinski definition) is 2. The molecule has 0 aromatic rings. The largest absolute Gasteiger partial charge is 0.352 e. The molecule has 18 heavy (non-hydrogen) atoms. The molecule has 102 valence electrons. The Labute approximate surface area is 110 Å². The lowest BCUT2D eigenvalue weighted by Crippen LogP contribution is -2.38. The average molecular weight is 251 g/mol. The average Bonchev–Trinajstić information content (AvgIpc) is 2.39. The highest BCUT2D eigenvalue weighted by atomic mass is 16.1. The molecule has 0 radical (unpaired) electrons. The van der Waals surface area contributed by atoms with Gasteiger partial charge >= 0.3 is 0 Å². The zero-order valence-corrected chi connectivity index (χ0v) is 11.5. The number of carbonyl (C=O) groups excluding carboxylic acids is 1. The second-order valence-corrected chi connectivity index (χ2v) is 5.32. The Morgan fingerprint density at radius 2 is 2.39 bits per heavy atom. The lowest BCUT2D eigenvalue weighted by atomic mass is 9.85. The first-order valence-electron chi connectivity index (χ1n) is 7.04. The first-order chi connectivity index (χ1) is 8.67. The van der Waals surface area contributed by atoms with E-state index in [1.165, 1.54) is 12.8 Å². The van der Waals surface area contributed by atoms with E-state index in [1.807, 2.05) is 6.92 Å². The van der Waals surface area contributed by atoms with Crippen LogP contribution in [-0.4, -0.2) is 25.0 Å². The third kappa shape index (κ3) is 5.05. The fourth-order valence-corrected chi connectivity index (χ4v) is 2.52. The minimum atomic E-state index is 0.0131. The van der Waals surface area contributed by atoms with Crippen LogP contribution in [0.2, 0.25) is 0 Å². The van der Waals surface area contributed by atoms with E-state index in [9.17, 15) is 4.79 Å². The molecule has 4 heteroatoms. The fraction of sp³-hybridized carbons (Fsp3) is 0.857. The summed E-state index contributed by atoms with van der Waals surface area (Å²) < 4.78 is 0. The van der Waals surface area contributed by atoms with Crippen molar-refractivity contribution in [3.05, 3.63) is 0 Å². The van der Waals surface area contributed by atoms with Crippen molar-refractivity contribution in [2.24, 2.45) is 11.8 Å². The van der Waals surface area contributed by atoms with Crippen LogP contribution in [0.1, 0.15) is 46.0 Å². The van der Waals surface area contributed by atoms with Crippen molar-refractivity contribution in [2.75, 3.05) is 13.1 Å². The van der Waals surface area contributed by atoms with Crippen molar-refractivity contribution >= 4 is 5.91 Å². The van der Waals surface area contributed by atoms with Gasteiger partial charge in [-0.05, 0) is 44.2 Å². The number of nitriles is 1. The normalized spacial score (nSPS) is 22.8. The van der Waals surface area contributed by atoms with Crippen LogP contribution in [-0.2, 0) is 4.79 Å². The lowest BCUT2D eigenvalue weighted by Gasteiger charge is -2.28. The van der Waals surface area contributed by atoms with Crippen molar-refractivity contribution in [2.45, 2.75) is 52.0 Å². The van der Waals surface area contributed by atoms with Crippen LogP contribution >= 0.6 is 0 Å². The molecule has 0 aromatic heterocycles. The molecule has 0 saturated carbocycles. The summed E-state index contributed by atoms with van der Waals surface area (Å²) in [6.45, 7) is 6.29. The van der Waals surface area contributed by atoms with Gasteiger partial charge in [0.1, 0.15) is 0 Å². The standard InChI is InChI=1S/C14H25N3O/c1-3-13(6-7-15)17-14(18)9-11(2)12-5-4-8-16-10-12/h11-13,16H,3-6,8-10H2,1-2H3,(H,17,18). The molecule has 1 amide bonds. The predicted molar refractivity (Wildman–Crippen MR) is 71.8 cm³/mol. The van der Waals surface area contributed by atoms with Gasteiger partial charge in [-0.2, -0.15) is 5.26 Å². The number of nitrogens with one attached hydrogen (secondary N) is 2. The number of rotatable bonds is 6. The lowest BCUT2D eigenvalue weighted by molar-refractivity contribution is -0.123. The van der Waals surface area contributed by atoms with Gasteiger partial charge in [-0.3, -0.25) is 4.79 Å². The summed E-state index contributed by atoms with van der Waals surface area (Å²) in [7, 11) is 0. The molecular weight excluding hydrogens is 226 g/mol. The third-order valence-corrected chi connectivity index (χ3v) is 3.84. The Bertz CT molecular complexity index is 292. The van der Waals surface area contributed by atoms with Gasteiger partial charge in [-0.25, -0.2) is 0 Å². The molecule has 1 rings (SSSR count). The van der Waals surface area contributed by atoms with Crippen molar-refractivity contribution in [1.82, 2.24) is 10.6 Å². The molecule has 1 saturated heterocycles. The molecule has 0 aliphatic carbocycles. The van der Waals surface area contributed by atoms with Gasteiger partial charge in [0.25, 0.3) is 0 Å². The van der Waals surface area contributed by atoms with Crippen molar-refractivity contribution < 1.29 is 4.79 Å². The zero-order chi connectivity index (χ0) is 13.4. The van der Waals surface area contributed by atoms with Crippen LogP contribution in [0.4, 0.5) is 0 Å². The van der Waals surface area contributed by atoms with Gasteiger partial charge in [0.2, 0.25) is 5.91 Å². The van der Waals surface area contributed by atoms with E-state index in [0.29, 0.717) is 24.7 Å². The SMILES string of the molecule is CCC(CC#N)NC(=O)CC(C)C1CCCNC1. The van der Waals surface area contributed by atoms with Gasteiger partial charge in [0, 0.05) is 12.5 Å². The first-order valence-corrected chi connectivity index (χ1v) is 7.04. The minimum absolute atomic E-state index is 0.0131. The molecule has 1 fully saturated rings. The van der Waals surface area contributed by atoms with Crippen molar-refractivity contribution in [3.8, 4) is 6.07 Å². The van der Waals surface area contributed by atoms with E-state index in [0.717, 1.165) is 19.5 Å². The van der Waals surface area contributed by atoms with E-state index in [-0.39, 0.29) is 11.9 Å². The molecule has 1 aliphatic rings. The van der Waals surface area contributed by atoms with Crippen molar-refractivity contribution in [1.29, 1.82) is 5.26 Å². The van der Waals surface area contributed by atoms with Crippen LogP contribution in [0, 0.1) is 23.2 Å². The first kappa shape index (κ1) is 15.0. The van der Waals surface area contributed by atoms with E-state index in [4.69, 9.17) is 5.26 Å². The highest BCUT2D eigenvalue weighted by Crippen LogP contribution is 2.22. The van der Waals surface area contributed by atoms with Crippen LogP contribution in [0.25, 0.3) is 0 Å². The van der Waals surface area contributed by atoms with E-state index in [1.54, 1.807) is 0 Å². The number of carbonyl (C=O) groups is 1. The predicted octanol–water partition coefficient (Wildman–Crippen LogP) is 1.82. The molecule has 1 heterocycles. The van der Waals surface area contributed by atoms with Gasteiger partial charge in [-0.1, -0.05) is 13.8 Å². The zero-order valence-electron chi connectivity index (χ0n) is 11.5. The quantitative estimate of drug-likeness (QED) is 0.757. The van der Waals surface area contributed by atoms with Crippen LogP contribution in [0.15, 0.2) is 0 Å². The molecular formula is C14H25N3O. The summed E-state index contributed by atoms with van der Waals surface area (Å²) >= 11 is 0. The number of piperidine rings is 1. The number of nitrogens with zero attached hydrogens (tertiary/aromatic N) is 1. The highest BCUT2D eigenvalue weighted by Gasteiger charge is 2.22. The molecule has 0 spiro atoms. The Kier molecular flexibility index (Phi) is 6.74. The molecule has 1 aliphatic heterocycles. The van der Waals surface area contributed by atoms with E-state index in [2.05, 4.69) is 23.6 Å². The Balaban J connectivity index is 2.31.